The zero-order valence-corrected chi connectivity index (χ0v) is 5.54. The van der Waals surface area contributed by atoms with Crippen LogP contribution >= 0.6 is 0 Å². The Balaban J connectivity index is 2.30. The van der Waals surface area contributed by atoms with Crippen molar-refractivity contribution in [3.05, 3.63) is 6.33 Å². The van der Waals surface area contributed by atoms with Crippen LogP contribution in [0, 0.1) is 0 Å². The minimum absolute atomic E-state index is 0.990. The highest BCUT2D eigenvalue weighted by molar-refractivity contribution is 4.22. The highest BCUT2D eigenvalue weighted by Crippen LogP contribution is 1.82. The van der Waals surface area contributed by atoms with Crippen molar-refractivity contribution in [2.45, 2.75) is 26.3 Å². The maximum absolute atomic E-state index is 3.63. The molecular weight excluding hydrogens is 116 g/mol. The van der Waals surface area contributed by atoms with E-state index in [1.165, 1.54) is 12.8 Å². The smallest absolute Gasteiger partial charge is 0.165 e. The molecule has 1 N–H and O–H groups in total. The molecule has 50 valence electrons. The summed E-state index contributed by atoms with van der Waals surface area (Å²) in [6.07, 6.45) is 4.07. The Kier molecular flexibility index (Phi) is 2.18. The number of rotatable bonds is 3. The van der Waals surface area contributed by atoms with Crippen LogP contribution in [-0.4, -0.2) is 15.5 Å². The molecule has 4 heteroatoms. The van der Waals surface area contributed by atoms with Gasteiger partial charge in [0.1, 0.15) is 5.10 Å². The first-order valence-electron chi connectivity index (χ1n) is 3.19. The van der Waals surface area contributed by atoms with Crippen LogP contribution in [0.1, 0.15) is 19.8 Å². The molecule has 1 heterocycles. The summed E-state index contributed by atoms with van der Waals surface area (Å²) in [5.74, 6) is 0. The number of aromatic nitrogens is 4. The Morgan fingerprint density at radius 3 is 3.11 bits per heavy atom. The Labute approximate surface area is 53.9 Å². The van der Waals surface area contributed by atoms with E-state index in [2.05, 4.69) is 22.4 Å². The second-order valence-corrected chi connectivity index (χ2v) is 1.98. The Bertz CT molecular complexity index is 146. The predicted molar refractivity (Wildman–Crippen MR) is 31.5 cm³/mol. The van der Waals surface area contributed by atoms with Crippen LogP contribution in [0.15, 0.2) is 6.33 Å². The van der Waals surface area contributed by atoms with E-state index in [4.69, 9.17) is 0 Å². The number of tetrazole rings is 1. The SMILES string of the molecule is CCCC[n+]1cnn[nH]1. The fraction of sp³-hybridized carbons (Fsp3) is 0.800. The Morgan fingerprint density at radius 2 is 2.56 bits per heavy atom. The van der Waals surface area contributed by atoms with Crippen molar-refractivity contribution in [1.29, 1.82) is 0 Å². The average Bonchev–Trinajstić information content (AvgIpc) is 2.34. The zero-order valence-electron chi connectivity index (χ0n) is 5.54. The van der Waals surface area contributed by atoms with E-state index in [1.807, 2.05) is 4.68 Å². The highest BCUT2D eigenvalue weighted by Gasteiger charge is 1.94. The number of nitrogens with one attached hydrogen (secondary N) is 1. The Morgan fingerprint density at radius 1 is 1.67 bits per heavy atom. The number of hydrogen-bond donors (Lipinski definition) is 1. The minimum Gasteiger partial charge on any atom is -0.165 e. The lowest BCUT2D eigenvalue weighted by Gasteiger charge is -1.88. The minimum atomic E-state index is 0.990. The molecule has 0 spiro atoms. The summed E-state index contributed by atoms with van der Waals surface area (Å²) in [4.78, 5) is 0. The van der Waals surface area contributed by atoms with Gasteiger partial charge in [0.2, 0.25) is 0 Å². The van der Waals surface area contributed by atoms with Gasteiger partial charge in [-0.3, -0.25) is 0 Å². The first-order valence-corrected chi connectivity index (χ1v) is 3.19. The number of unbranched alkanes of at least 4 members (excludes halogenated alkanes) is 1. The molecule has 0 saturated heterocycles. The number of aromatic amines is 1. The van der Waals surface area contributed by atoms with Gasteiger partial charge in [0, 0.05) is 0 Å². The molecule has 0 radical (unpaired) electrons. The summed E-state index contributed by atoms with van der Waals surface area (Å²) in [6.45, 7) is 3.15. The lowest BCUT2D eigenvalue weighted by molar-refractivity contribution is -0.754. The summed E-state index contributed by atoms with van der Waals surface area (Å²) in [5.41, 5.74) is 0. The van der Waals surface area contributed by atoms with E-state index in [-0.39, 0.29) is 0 Å². The Hall–Kier alpha value is -0.930. The second-order valence-electron chi connectivity index (χ2n) is 1.98. The van der Waals surface area contributed by atoms with Crippen LogP contribution in [0.2, 0.25) is 0 Å². The molecule has 0 aliphatic rings. The van der Waals surface area contributed by atoms with Gasteiger partial charge in [-0.2, -0.15) is 4.68 Å². The largest absolute Gasteiger partial charge is 0.288 e. The van der Waals surface area contributed by atoms with Crippen molar-refractivity contribution in [3.8, 4) is 0 Å². The van der Waals surface area contributed by atoms with Crippen LogP contribution in [0.4, 0.5) is 0 Å². The number of aryl methyl sites for hydroxylation is 1. The molecule has 0 amide bonds. The fourth-order valence-electron chi connectivity index (χ4n) is 0.633. The van der Waals surface area contributed by atoms with Gasteiger partial charge in [-0.25, -0.2) is 0 Å². The first kappa shape index (κ1) is 6.19. The van der Waals surface area contributed by atoms with Crippen LogP contribution in [0.5, 0.6) is 0 Å². The topological polar surface area (TPSA) is 45.5 Å². The summed E-state index contributed by atoms with van der Waals surface area (Å²) in [5, 5.41) is 9.92. The molecule has 4 nitrogen and oxygen atoms in total. The van der Waals surface area contributed by atoms with Gasteiger partial charge in [0.25, 0.3) is 6.33 Å². The van der Waals surface area contributed by atoms with Gasteiger partial charge in [-0.15, -0.1) is 0 Å². The maximum Gasteiger partial charge on any atom is 0.288 e. The van der Waals surface area contributed by atoms with Gasteiger partial charge in [0.15, 0.2) is 5.21 Å². The molecule has 1 rings (SSSR count). The molecule has 0 aliphatic heterocycles. The van der Waals surface area contributed by atoms with E-state index in [1.54, 1.807) is 6.33 Å². The van der Waals surface area contributed by atoms with E-state index >= 15 is 0 Å². The standard InChI is InChI=1S/C5H10N4/c1-2-3-4-9-5-6-7-8-9/h5H,2-4H2,1H3/p+1. The molecule has 1 aromatic heterocycles. The molecule has 0 aromatic carbocycles. The third-order valence-corrected chi connectivity index (χ3v) is 1.17. The van der Waals surface area contributed by atoms with Crippen LogP contribution in [-0.2, 0) is 6.54 Å². The van der Waals surface area contributed by atoms with Crippen molar-refractivity contribution in [2.24, 2.45) is 0 Å². The number of hydrogen-bond acceptors (Lipinski definition) is 2. The van der Waals surface area contributed by atoms with Crippen LogP contribution in [0.25, 0.3) is 0 Å². The van der Waals surface area contributed by atoms with E-state index < -0.39 is 0 Å². The van der Waals surface area contributed by atoms with E-state index in [9.17, 15) is 0 Å². The van der Waals surface area contributed by atoms with Crippen LogP contribution in [0.3, 0.4) is 0 Å². The lowest BCUT2D eigenvalue weighted by atomic mass is 10.3. The molecule has 0 unspecified atom stereocenters. The monoisotopic (exact) mass is 127 g/mol. The van der Waals surface area contributed by atoms with Crippen molar-refractivity contribution >= 4 is 0 Å². The van der Waals surface area contributed by atoms with E-state index in [0.717, 1.165) is 6.54 Å². The lowest BCUT2D eigenvalue weighted by Crippen LogP contribution is -2.34. The van der Waals surface area contributed by atoms with Gasteiger partial charge in [-0.05, 0) is 6.42 Å². The molecular formula is C5H11N4+. The second kappa shape index (κ2) is 3.17. The maximum atomic E-state index is 3.63. The fourth-order valence-corrected chi connectivity index (χ4v) is 0.633. The molecule has 0 bridgehead atoms. The van der Waals surface area contributed by atoms with Crippen LogP contribution < -0.4 is 4.68 Å². The molecule has 0 saturated carbocycles. The van der Waals surface area contributed by atoms with Crippen molar-refractivity contribution < 1.29 is 4.68 Å². The molecule has 9 heavy (non-hydrogen) atoms. The molecule has 0 fully saturated rings. The van der Waals surface area contributed by atoms with Crippen molar-refractivity contribution in [2.75, 3.05) is 0 Å². The van der Waals surface area contributed by atoms with Crippen molar-refractivity contribution in [3.63, 3.8) is 0 Å². The van der Waals surface area contributed by atoms with Gasteiger partial charge in [-0.1, -0.05) is 18.6 Å². The van der Waals surface area contributed by atoms with Gasteiger partial charge < -0.3 is 0 Å². The summed E-state index contributed by atoms with van der Waals surface area (Å²) < 4.78 is 1.86. The third kappa shape index (κ3) is 1.79. The van der Waals surface area contributed by atoms with Crippen molar-refractivity contribution in [1.82, 2.24) is 15.5 Å². The number of H-pyrrole nitrogens is 1. The normalized spacial score (nSPS) is 9.89. The predicted octanol–water partition coefficient (Wildman–Crippen LogP) is -0.108. The van der Waals surface area contributed by atoms with E-state index in [0.29, 0.717) is 0 Å². The highest BCUT2D eigenvalue weighted by atomic mass is 15.5. The number of nitrogens with zero attached hydrogens (tertiary/aromatic N) is 3. The summed E-state index contributed by atoms with van der Waals surface area (Å²) in [6, 6.07) is 0. The van der Waals surface area contributed by atoms with Gasteiger partial charge >= 0.3 is 0 Å². The third-order valence-electron chi connectivity index (χ3n) is 1.17. The van der Waals surface area contributed by atoms with Gasteiger partial charge in [0.05, 0.1) is 6.54 Å². The zero-order chi connectivity index (χ0) is 6.53. The quantitative estimate of drug-likeness (QED) is 0.576. The first-order chi connectivity index (χ1) is 4.43. The molecule has 0 atom stereocenters. The molecule has 1 aromatic rings. The average molecular weight is 127 g/mol. The summed E-state index contributed by atoms with van der Waals surface area (Å²) >= 11 is 0. The molecule has 0 aliphatic carbocycles. The summed E-state index contributed by atoms with van der Waals surface area (Å²) in [7, 11) is 0.